The van der Waals surface area contributed by atoms with Gasteiger partial charge >= 0.3 is 12.2 Å². The van der Waals surface area contributed by atoms with Gasteiger partial charge in [-0.15, -0.1) is 11.8 Å². The van der Waals surface area contributed by atoms with Crippen LogP contribution in [0.25, 0.3) is 10.9 Å². The van der Waals surface area contributed by atoms with Gasteiger partial charge in [0, 0.05) is 41.2 Å². The summed E-state index contributed by atoms with van der Waals surface area (Å²) in [5.74, 6) is 0.260. The highest BCUT2D eigenvalue weighted by Gasteiger charge is 2.26. The fraction of sp³-hybridized carbons (Fsp3) is 0.400. The molecule has 244 valence electrons. The van der Waals surface area contributed by atoms with E-state index in [0.29, 0.717) is 33.6 Å². The van der Waals surface area contributed by atoms with Crippen LogP contribution >= 0.6 is 11.8 Å². The van der Waals surface area contributed by atoms with Gasteiger partial charge in [0.1, 0.15) is 11.2 Å². The predicted octanol–water partition coefficient (Wildman–Crippen LogP) is 8.43. The predicted molar refractivity (Wildman–Crippen MR) is 183 cm³/mol. The van der Waals surface area contributed by atoms with Gasteiger partial charge in [-0.05, 0) is 82.9 Å². The van der Waals surface area contributed by atoms with E-state index in [9.17, 15) is 14.4 Å². The second-order valence-corrected chi connectivity index (χ2v) is 15.0. The van der Waals surface area contributed by atoms with Gasteiger partial charge in [0.2, 0.25) is 5.95 Å². The van der Waals surface area contributed by atoms with E-state index >= 15 is 0 Å². The van der Waals surface area contributed by atoms with E-state index in [-0.39, 0.29) is 17.3 Å². The largest absolute Gasteiger partial charge is 0.443 e. The van der Waals surface area contributed by atoms with Crippen molar-refractivity contribution in [3.8, 4) is 0 Å². The maximum Gasteiger partial charge on any atom is 0.419 e. The number of carbonyl (C=O) groups is 3. The standard InChI is InChI=1S/C35H43N5O5S/c1-33(2,3)22-14-16-23(17-15-22)37-29(41)25-20-40(32(43)45-35(7,8)9)26-12-11-13-27(28(25)26)46-21-24-18-19-36-30(38-24)39(10)31(42)44-34(4,5)6/h11-20H,21H2,1-10H3,(H,37,41). The molecule has 0 atom stereocenters. The number of benzene rings is 2. The van der Waals surface area contributed by atoms with Gasteiger partial charge in [0.25, 0.3) is 5.91 Å². The summed E-state index contributed by atoms with van der Waals surface area (Å²) in [5, 5.41) is 3.61. The van der Waals surface area contributed by atoms with Crippen LogP contribution in [-0.4, -0.2) is 50.9 Å². The van der Waals surface area contributed by atoms with Crippen LogP contribution in [-0.2, 0) is 20.6 Å². The molecule has 2 amide bonds. The molecule has 0 saturated heterocycles. The topological polar surface area (TPSA) is 116 Å². The molecule has 1 N–H and O–H groups in total. The first kappa shape index (κ1) is 34.5. The van der Waals surface area contributed by atoms with E-state index in [1.54, 1.807) is 66.9 Å². The number of rotatable bonds is 6. The number of fused-ring (bicyclic) bond motifs is 1. The van der Waals surface area contributed by atoms with Crippen molar-refractivity contribution in [3.63, 3.8) is 0 Å². The minimum atomic E-state index is -0.728. The van der Waals surface area contributed by atoms with Crippen LogP contribution in [0.4, 0.5) is 21.2 Å². The van der Waals surface area contributed by atoms with E-state index in [1.807, 2.05) is 36.4 Å². The van der Waals surface area contributed by atoms with Gasteiger partial charge in [-0.1, -0.05) is 39.0 Å². The van der Waals surface area contributed by atoms with Crippen LogP contribution in [0.2, 0.25) is 0 Å². The fourth-order valence-corrected chi connectivity index (χ4v) is 5.45. The lowest BCUT2D eigenvalue weighted by atomic mass is 9.87. The number of carbonyl (C=O) groups excluding carboxylic acids is 3. The van der Waals surface area contributed by atoms with Gasteiger partial charge in [0.15, 0.2) is 0 Å². The van der Waals surface area contributed by atoms with Gasteiger partial charge < -0.3 is 14.8 Å². The van der Waals surface area contributed by atoms with Gasteiger partial charge in [-0.25, -0.2) is 24.5 Å². The lowest BCUT2D eigenvalue weighted by Gasteiger charge is -2.23. The molecule has 2 aromatic heterocycles. The molecule has 0 fully saturated rings. The SMILES string of the molecule is CN(C(=O)OC(C)(C)C)c1nccc(CSc2cccc3c2c(C(=O)Nc2ccc(C(C)(C)C)cc2)cn3C(=O)OC(C)(C)C)n1. The number of ether oxygens (including phenoxy) is 2. The van der Waals surface area contributed by atoms with E-state index < -0.39 is 23.4 Å². The summed E-state index contributed by atoms with van der Waals surface area (Å²) < 4.78 is 12.5. The number of nitrogens with one attached hydrogen (secondary N) is 1. The number of hydrogen-bond acceptors (Lipinski definition) is 8. The number of anilines is 2. The van der Waals surface area contributed by atoms with E-state index in [4.69, 9.17) is 9.47 Å². The highest BCUT2D eigenvalue weighted by Crippen LogP contribution is 2.35. The Morgan fingerprint density at radius 1 is 0.891 bits per heavy atom. The normalized spacial score (nSPS) is 12.1. The van der Waals surface area contributed by atoms with Crippen molar-refractivity contribution in [1.82, 2.24) is 14.5 Å². The maximum atomic E-state index is 13.8. The number of thioether (sulfide) groups is 1. The molecule has 4 rings (SSSR count). The van der Waals surface area contributed by atoms with Crippen molar-refractivity contribution >= 4 is 52.4 Å². The molecule has 0 aliphatic rings. The number of hydrogen-bond donors (Lipinski definition) is 1. The van der Waals surface area contributed by atoms with Crippen LogP contribution in [0.5, 0.6) is 0 Å². The third-order valence-electron chi connectivity index (χ3n) is 6.68. The average molecular weight is 646 g/mol. The van der Waals surface area contributed by atoms with Crippen molar-refractivity contribution in [3.05, 3.63) is 77.7 Å². The second kappa shape index (κ2) is 13.2. The molecule has 46 heavy (non-hydrogen) atoms. The number of aromatic nitrogens is 3. The Labute approximate surface area is 274 Å². The molecule has 2 heterocycles. The van der Waals surface area contributed by atoms with E-state index in [2.05, 4.69) is 36.1 Å². The monoisotopic (exact) mass is 645 g/mol. The highest BCUT2D eigenvalue weighted by molar-refractivity contribution is 7.98. The van der Waals surface area contributed by atoms with E-state index in [0.717, 1.165) is 10.5 Å². The molecule has 4 aromatic rings. The molecule has 0 saturated carbocycles. The van der Waals surface area contributed by atoms with E-state index in [1.165, 1.54) is 27.4 Å². The zero-order valence-electron chi connectivity index (χ0n) is 28.2. The Bertz CT molecular complexity index is 1740. The highest BCUT2D eigenvalue weighted by atomic mass is 32.2. The summed E-state index contributed by atoms with van der Waals surface area (Å²) >= 11 is 1.45. The number of amides is 2. The molecule has 11 heteroatoms. The van der Waals surface area contributed by atoms with Crippen LogP contribution < -0.4 is 10.2 Å². The summed E-state index contributed by atoms with van der Waals surface area (Å²) in [6.45, 7) is 17.2. The summed E-state index contributed by atoms with van der Waals surface area (Å²) in [6.07, 6.45) is 1.97. The zero-order valence-corrected chi connectivity index (χ0v) is 29.0. The Hall–Kier alpha value is -4.38. The summed E-state index contributed by atoms with van der Waals surface area (Å²) in [7, 11) is 1.56. The van der Waals surface area contributed by atoms with Crippen molar-refractivity contribution in [2.75, 3.05) is 17.3 Å². The van der Waals surface area contributed by atoms with Gasteiger partial charge in [-0.2, -0.15) is 0 Å². The molecule has 0 radical (unpaired) electrons. The first-order chi connectivity index (χ1) is 21.3. The third-order valence-corrected chi connectivity index (χ3v) is 7.77. The molecular weight excluding hydrogens is 602 g/mol. The summed E-state index contributed by atoms with van der Waals surface area (Å²) in [5.41, 5.74) is 1.92. The number of nitrogens with zero attached hydrogens (tertiary/aromatic N) is 4. The Morgan fingerprint density at radius 3 is 2.15 bits per heavy atom. The van der Waals surface area contributed by atoms with Crippen molar-refractivity contribution < 1.29 is 23.9 Å². The Kier molecular flexibility index (Phi) is 9.86. The zero-order chi connectivity index (χ0) is 34.0. The quantitative estimate of drug-likeness (QED) is 0.208. The maximum absolute atomic E-state index is 13.8. The second-order valence-electron chi connectivity index (χ2n) is 14.0. The lowest BCUT2D eigenvalue weighted by molar-refractivity contribution is 0.0541. The van der Waals surface area contributed by atoms with Crippen LogP contribution in [0.1, 0.15) is 83.9 Å². The van der Waals surface area contributed by atoms with Crippen LogP contribution in [0.15, 0.2) is 65.8 Å². The lowest BCUT2D eigenvalue weighted by Crippen LogP contribution is -2.35. The van der Waals surface area contributed by atoms with Crippen molar-refractivity contribution in [2.45, 2.75) is 89.6 Å². The van der Waals surface area contributed by atoms with Crippen molar-refractivity contribution in [1.29, 1.82) is 0 Å². The molecule has 0 spiro atoms. The van der Waals surface area contributed by atoms with Crippen molar-refractivity contribution in [2.24, 2.45) is 0 Å². The van der Waals surface area contributed by atoms with Gasteiger partial charge in [0.05, 0.1) is 16.8 Å². The molecular formula is C35H43N5O5S. The minimum absolute atomic E-state index is 0.0227. The van der Waals surface area contributed by atoms with Crippen LogP contribution in [0, 0.1) is 0 Å². The minimum Gasteiger partial charge on any atom is -0.443 e. The smallest absolute Gasteiger partial charge is 0.419 e. The van der Waals surface area contributed by atoms with Crippen LogP contribution in [0.3, 0.4) is 0 Å². The molecule has 0 aliphatic heterocycles. The average Bonchev–Trinajstić information content (AvgIpc) is 3.35. The summed E-state index contributed by atoms with van der Waals surface area (Å²) in [4.78, 5) is 50.5. The molecule has 0 aliphatic carbocycles. The summed E-state index contributed by atoms with van der Waals surface area (Å²) in [6, 6.07) is 15.0. The molecule has 10 nitrogen and oxygen atoms in total. The molecule has 2 aromatic carbocycles. The Morgan fingerprint density at radius 2 is 1.54 bits per heavy atom. The first-order valence-electron chi connectivity index (χ1n) is 15.0. The third kappa shape index (κ3) is 8.66. The molecule has 0 unspecified atom stereocenters. The first-order valence-corrected chi connectivity index (χ1v) is 16.0. The van der Waals surface area contributed by atoms with Gasteiger partial charge in [-0.3, -0.25) is 9.36 Å². The fourth-order valence-electron chi connectivity index (χ4n) is 4.45. The molecule has 0 bridgehead atoms. The Balaban J connectivity index is 1.67.